The first-order chi connectivity index (χ1) is 13.0. The standard InChI is InChI=1S/C16H15F3N4O4S/c1-8(24)22-12(15(26)27)7-28-13-11(20)6-21-23(14(13)25)10-4-2-3-9(5-10)16(17,18)19/h2-6,12H,7,20H2,1H3,(H,22,24)(H,26,27). The number of hydrogen-bond acceptors (Lipinski definition) is 6. The summed E-state index contributed by atoms with van der Waals surface area (Å²) in [5, 5.41) is 15.1. The maximum absolute atomic E-state index is 12.9. The molecule has 4 N–H and O–H groups in total. The summed E-state index contributed by atoms with van der Waals surface area (Å²) in [4.78, 5) is 34.8. The predicted octanol–water partition coefficient (Wildman–Crippen LogP) is 1.51. The van der Waals surface area contributed by atoms with Crippen LogP contribution in [0, 0.1) is 0 Å². The van der Waals surface area contributed by atoms with Gasteiger partial charge in [0.05, 0.1) is 28.0 Å². The number of thioether (sulfide) groups is 1. The molecule has 0 aliphatic carbocycles. The highest BCUT2D eigenvalue weighted by Crippen LogP contribution is 2.30. The predicted molar refractivity (Wildman–Crippen MR) is 95.2 cm³/mol. The summed E-state index contributed by atoms with van der Waals surface area (Å²) in [6.45, 7) is 1.14. The number of nitrogens with two attached hydrogens (primary N) is 1. The van der Waals surface area contributed by atoms with Crippen LogP contribution in [0.4, 0.5) is 18.9 Å². The van der Waals surface area contributed by atoms with Crippen molar-refractivity contribution in [1.82, 2.24) is 15.1 Å². The summed E-state index contributed by atoms with van der Waals surface area (Å²) in [6, 6.07) is 2.73. The molecule has 2 aromatic rings. The van der Waals surface area contributed by atoms with Crippen LogP contribution < -0.4 is 16.6 Å². The van der Waals surface area contributed by atoms with Gasteiger partial charge in [-0.3, -0.25) is 9.59 Å². The van der Waals surface area contributed by atoms with E-state index in [1.165, 1.54) is 6.07 Å². The fourth-order valence-corrected chi connectivity index (χ4v) is 3.17. The number of carbonyl (C=O) groups excluding carboxylic acids is 1. The molecule has 28 heavy (non-hydrogen) atoms. The van der Waals surface area contributed by atoms with Gasteiger partial charge in [-0.05, 0) is 18.2 Å². The third-order valence-corrected chi connectivity index (χ3v) is 4.65. The van der Waals surface area contributed by atoms with Gasteiger partial charge in [-0.2, -0.15) is 23.0 Å². The lowest BCUT2D eigenvalue weighted by molar-refractivity contribution is -0.140. The van der Waals surface area contributed by atoms with Gasteiger partial charge in [-0.25, -0.2) is 4.79 Å². The zero-order valence-electron chi connectivity index (χ0n) is 14.4. The van der Waals surface area contributed by atoms with E-state index in [0.29, 0.717) is 0 Å². The number of nitrogen functional groups attached to an aromatic ring is 1. The molecule has 1 unspecified atom stereocenters. The van der Waals surface area contributed by atoms with E-state index in [1.807, 2.05) is 0 Å². The van der Waals surface area contributed by atoms with Crippen molar-refractivity contribution in [1.29, 1.82) is 0 Å². The number of halogens is 3. The maximum atomic E-state index is 12.9. The van der Waals surface area contributed by atoms with Crippen LogP contribution in [-0.2, 0) is 15.8 Å². The van der Waals surface area contributed by atoms with Gasteiger partial charge in [0.25, 0.3) is 5.56 Å². The fraction of sp³-hybridized carbons (Fsp3) is 0.250. The number of nitrogens with zero attached hydrogens (tertiary/aromatic N) is 2. The molecular weight excluding hydrogens is 401 g/mol. The van der Waals surface area contributed by atoms with Crippen LogP contribution in [-0.4, -0.2) is 38.6 Å². The molecule has 2 rings (SSSR count). The Hall–Kier alpha value is -3.02. The Morgan fingerprint density at radius 2 is 2.07 bits per heavy atom. The molecule has 0 bridgehead atoms. The number of carboxylic acid groups (broad SMARTS) is 1. The molecule has 0 radical (unpaired) electrons. The zero-order chi connectivity index (χ0) is 21.1. The van der Waals surface area contributed by atoms with Gasteiger partial charge in [0, 0.05) is 12.7 Å². The van der Waals surface area contributed by atoms with E-state index in [0.717, 1.165) is 47.8 Å². The van der Waals surface area contributed by atoms with Crippen molar-refractivity contribution >= 4 is 29.3 Å². The minimum absolute atomic E-state index is 0.0646. The Kier molecular flexibility index (Phi) is 6.33. The molecular formula is C16H15F3N4O4S. The highest BCUT2D eigenvalue weighted by Gasteiger charge is 2.30. The summed E-state index contributed by atoms with van der Waals surface area (Å²) in [6.07, 6.45) is -3.52. The van der Waals surface area contributed by atoms with E-state index in [9.17, 15) is 27.6 Å². The number of aromatic nitrogens is 2. The van der Waals surface area contributed by atoms with E-state index in [2.05, 4.69) is 10.4 Å². The smallest absolute Gasteiger partial charge is 0.416 e. The summed E-state index contributed by atoms with van der Waals surface area (Å²) in [5.74, 6) is -2.10. The number of amides is 1. The van der Waals surface area contributed by atoms with Gasteiger partial charge in [0.1, 0.15) is 6.04 Å². The summed E-state index contributed by atoms with van der Waals surface area (Å²) < 4.78 is 39.4. The van der Waals surface area contributed by atoms with Crippen LogP contribution in [0.3, 0.4) is 0 Å². The number of benzene rings is 1. The van der Waals surface area contributed by atoms with Crippen molar-refractivity contribution in [2.45, 2.75) is 24.0 Å². The largest absolute Gasteiger partial charge is 0.480 e. The van der Waals surface area contributed by atoms with Crippen LogP contribution >= 0.6 is 11.8 Å². The van der Waals surface area contributed by atoms with Crippen LogP contribution in [0.5, 0.6) is 0 Å². The Morgan fingerprint density at radius 3 is 2.64 bits per heavy atom. The minimum atomic E-state index is -4.60. The van der Waals surface area contributed by atoms with Gasteiger partial charge in [0.2, 0.25) is 5.91 Å². The van der Waals surface area contributed by atoms with E-state index in [1.54, 1.807) is 0 Å². The fourth-order valence-electron chi connectivity index (χ4n) is 2.18. The molecule has 0 fully saturated rings. The Labute approximate surface area is 160 Å². The third kappa shape index (κ3) is 5.03. The lowest BCUT2D eigenvalue weighted by Gasteiger charge is -2.14. The maximum Gasteiger partial charge on any atom is 0.416 e. The number of alkyl halides is 3. The van der Waals surface area contributed by atoms with Crippen molar-refractivity contribution in [3.05, 3.63) is 46.4 Å². The molecule has 1 heterocycles. The van der Waals surface area contributed by atoms with E-state index >= 15 is 0 Å². The van der Waals surface area contributed by atoms with Gasteiger partial charge >= 0.3 is 12.1 Å². The van der Waals surface area contributed by atoms with Gasteiger partial charge in [-0.15, -0.1) is 11.8 Å². The van der Waals surface area contributed by atoms with E-state index < -0.39 is 35.2 Å². The van der Waals surface area contributed by atoms with Crippen molar-refractivity contribution in [2.75, 3.05) is 11.5 Å². The first kappa shape index (κ1) is 21.3. The lowest BCUT2D eigenvalue weighted by atomic mass is 10.2. The number of rotatable bonds is 6. The number of aliphatic carboxylic acids is 1. The topological polar surface area (TPSA) is 127 Å². The second-order valence-electron chi connectivity index (χ2n) is 5.60. The molecule has 8 nitrogen and oxygen atoms in total. The number of carbonyl (C=O) groups is 2. The molecule has 0 aliphatic heterocycles. The quantitative estimate of drug-likeness (QED) is 0.609. The Balaban J connectivity index is 2.38. The molecule has 1 amide bonds. The lowest BCUT2D eigenvalue weighted by Crippen LogP contribution is -2.41. The SMILES string of the molecule is CC(=O)NC(CSc1c(N)cnn(-c2cccc(C(F)(F)F)c2)c1=O)C(=O)O. The van der Waals surface area contributed by atoms with E-state index in [-0.39, 0.29) is 22.0 Å². The van der Waals surface area contributed by atoms with Crippen molar-refractivity contribution in [2.24, 2.45) is 0 Å². The van der Waals surface area contributed by atoms with Crippen LogP contribution in [0.1, 0.15) is 12.5 Å². The normalized spacial score (nSPS) is 12.4. The van der Waals surface area contributed by atoms with Crippen LogP contribution in [0.2, 0.25) is 0 Å². The molecule has 0 aliphatic rings. The van der Waals surface area contributed by atoms with Crippen molar-refractivity contribution in [3.8, 4) is 5.69 Å². The van der Waals surface area contributed by atoms with Crippen molar-refractivity contribution < 1.29 is 27.9 Å². The first-order valence-corrected chi connectivity index (χ1v) is 8.67. The highest BCUT2D eigenvalue weighted by molar-refractivity contribution is 7.99. The Bertz CT molecular complexity index is 962. The summed E-state index contributed by atoms with van der Waals surface area (Å²) in [5.41, 5.74) is 3.76. The number of hydrogen-bond donors (Lipinski definition) is 3. The molecule has 1 aromatic carbocycles. The van der Waals surface area contributed by atoms with Crippen LogP contribution in [0.15, 0.2) is 40.2 Å². The monoisotopic (exact) mass is 416 g/mol. The number of anilines is 1. The molecule has 12 heteroatoms. The summed E-state index contributed by atoms with van der Waals surface area (Å²) >= 11 is 0.755. The second kappa shape index (κ2) is 8.33. The molecule has 0 spiro atoms. The molecule has 1 atom stereocenters. The number of carboxylic acids is 1. The van der Waals surface area contributed by atoms with Crippen molar-refractivity contribution in [3.63, 3.8) is 0 Å². The Morgan fingerprint density at radius 1 is 1.39 bits per heavy atom. The average molecular weight is 416 g/mol. The molecule has 1 aromatic heterocycles. The van der Waals surface area contributed by atoms with Gasteiger partial charge < -0.3 is 16.2 Å². The average Bonchev–Trinajstić information content (AvgIpc) is 2.59. The van der Waals surface area contributed by atoms with Gasteiger partial charge in [-0.1, -0.05) is 6.07 Å². The highest BCUT2D eigenvalue weighted by atomic mass is 32.2. The summed E-state index contributed by atoms with van der Waals surface area (Å²) in [7, 11) is 0. The minimum Gasteiger partial charge on any atom is -0.480 e. The molecule has 0 saturated carbocycles. The van der Waals surface area contributed by atoms with E-state index in [4.69, 9.17) is 10.8 Å². The zero-order valence-corrected chi connectivity index (χ0v) is 15.2. The third-order valence-electron chi connectivity index (χ3n) is 3.45. The molecule has 0 saturated heterocycles. The van der Waals surface area contributed by atoms with Gasteiger partial charge in [0.15, 0.2) is 0 Å². The molecule has 150 valence electrons. The first-order valence-electron chi connectivity index (χ1n) is 7.69. The number of nitrogens with one attached hydrogen (secondary N) is 1. The van der Waals surface area contributed by atoms with Crippen LogP contribution in [0.25, 0.3) is 5.69 Å². The second-order valence-corrected chi connectivity index (χ2v) is 6.63.